The summed E-state index contributed by atoms with van der Waals surface area (Å²) in [7, 11) is 0. The molecule has 1 saturated heterocycles. The van der Waals surface area contributed by atoms with Gasteiger partial charge in [0.05, 0.1) is 4.88 Å². The van der Waals surface area contributed by atoms with Crippen molar-refractivity contribution in [2.45, 2.75) is 18.4 Å². The van der Waals surface area contributed by atoms with Gasteiger partial charge in [-0.3, -0.25) is 9.59 Å². The molecule has 1 aromatic carbocycles. The first-order valence-electron chi connectivity index (χ1n) is 7.70. The molecule has 1 aliphatic rings. The number of hydrogen-bond acceptors (Lipinski definition) is 5. The Bertz CT molecular complexity index is 713. The van der Waals surface area contributed by atoms with Crippen molar-refractivity contribution in [2.24, 2.45) is 5.73 Å². The van der Waals surface area contributed by atoms with Crippen molar-refractivity contribution >= 4 is 46.9 Å². The number of amides is 2. The normalized spacial score (nSPS) is 15.7. The molecule has 0 atom stereocenters. The van der Waals surface area contributed by atoms with Crippen LogP contribution in [0.15, 0.2) is 41.8 Å². The van der Waals surface area contributed by atoms with Gasteiger partial charge >= 0.3 is 0 Å². The minimum absolute atomic E-state index is 0. The standard InChI is InChI=1S/C17H19N3O3S.ClH/c18-17(7-9-23-10-8-17)16(22)20-13-5-3-12(4-6-13)19-15(21)14-2-1-11-24-14;/h1-6,11H,7-10,18H2,(H,19,21)(H,20,22);1H. The van der Waals surface area contributed by atoms with Gasteiger partial charge in [-0.1, -0.05) is 6.07 Å². The Labute approximate surface area is 156 Å². The fourth-order valence-electron chi connectivity index (χ4n) is 2.46. The molecule has 6 nitrogen and oxygen atoms in total. The summed E-state index contributed by atoms with van der Waals surface area (Å²) < 4.78 is 5.25. The maximum atomic E-state index is 12.3. The number of rotatable bonds is 4. The molecule has 8 heteroatoms. The van der Waals surface area contributed by atoms with Crippen molar-refractivity contribution in [3.8, 4) is 0 Å². The molecule has 1 aromatic heterocycles. The van der Waals surface area contributed by atoms with Crippen LogP contribution in [0.4, 0.5) is 11.4 Å². The lowest BCUT2D eigenvalue weighted by Gasteiger charge is -2.31. The van der Waals surface area contributed by atoms with Crippen LogP contribution in [-0.4, -0.2) is 30.6 Å². The van der Waals surface area contributed by atoms with Crippen LogP contribution >= 0.6 is 23.7 Å². The first kappa shape index (κ1) is 19.4. The van der Waals surface area contributed by atoms with Crippen LogP contribution in [0.5, 0.6) is 0 Å². The number of nitrogens with two attached hydrogens (primary N) is 1. The fraction of sp³-hybridized carbons (Fsp3) is 0.294. The fourth-order valence-corrected chi connectivity index (χ4v) is 3.07. The molecule has 0 aliphatic carbocycles. The van der Waals surface area contributed by atoms with E-state index in [2.05, 4.69) is 10.6 Å². The number of ether oxygens (including phenoxy) is 1. The van der Waals surface area contributed by atoms with E-state index >= 15 is 0 Å². The average molecular weight is 382 g/mol. The van der Waals surface area contributed by atoms with Gasteiger partial charge in [0.1, 0.15) is 5.54 Å². The molecule has 0 bridgehead atoms. The Hall–Kier alpha value is -1.93. The van der Waals surface area contributed by atoms with Gasteiger partial charge in [-0.15, -0.1) is 23.7 Å². The van der Waals surface area contributed by atoms with Crippen molar-refractivity contribution in [2.75, 3.05) is 23.8 Å². The molecule has 25 heavy (non-hydrogen) atoms. The number of anilines is 2. The largest absolute Gasteiger partial charge is 0.381 e. The first-order valence-corrected chi connectivity index (χ1v) is 8.58. The number of carbonyl (C=O) groups is 2. The maximum absolute atomic E-state index is 12.3. The van der Waals surface area contributed by atoms with E-state index in [0.29, 0.717) is 42.3 Å². The zero-order chi connectivity index (χ0) is 17.0. The summed E-state index contributed by atoms with van der Waals surface area (Å²) in [4.78, 5) is 25.0. The van der Waals surface area contributed by atoms with Crippen LogP contribution in [0.3, 0.4) is 0 Å². The van der Waals surface area contributed by atoms with E-state index < -0.39 is 5.54 Å². The average Bonchev–Trinajstić information content (AvgIpc) is 3.12. The summed E-state index contributed by atoms with van der Waals surface area (Å²) in [6.45, 7) is 0.995. The summed E-state index contributed by atoms with van der Waals surface area (Å²) in [5.41, 5.74) is 6.58. The van der Waals surface area contributed by atoms with E-state index in [1.807, 2.05) is 11.4 Å². The second kappa shape index (κ2) is 8.44. The van der Waals surface area contributed by atoms with Gasteiger partial charge in [-0.25, -0.2) is 0 Å². The van der Waals surface area contributed by atoms with Crippen LogP contribution in [0, 0.1) is 0 Å². The molecule has 2 heterocycles. The Balaban J connectivity index is 0.00000225. The Morgan fingerprint density at radius 2 is 1.64 bits per heavy atom. The second-order valence-electron chi connectivity index (χ2n) is 5.73. The molecule has 2 amide bonds. The zero-order valence-corrected chi connectivity index (χ0v) is 15.1. The molecule has 1 aliphatic heterocycles. The van der Waals surface area contributed by atoms with Crippen molar-refractivity contribution in [3.05, 3.63) is 46.7 Å². The predicted octanol–water partition coefficient (Wildman–Crippen LogP) is 2.87. The summed E-state index contributed by atoms with van der Waals surface area (Å²) in [5, 5.41) is 7.50. The highest BCUT2D eigenvalue weighted by molar-refractivity contribution is 7.12. The molecule has 0 radical (unpaired) electrons. The number of hydrogen-bond donors (Lipinski definition) is 3. The first-order chi connectivity index (χ1) is 11.6. The molecule has 0 spiro atoms. The number of nitrogens with one attached hydrogen (secondary N) is 2. The zero-order valence-electron chi connectivity index (χ0n) is 13.5. The van der Waals surface area contributed by atoms with Crippen molar-refractivity contribution in [1.82, 2.24) is 0 Å². The molecular weight excluding hydrogens is 362 g/mol. The Kier molecular flexibility index (Phi) is 6.55. The number of carbonyl (C=O) groups excluding carboxylic acids is 2. The molecular formula is C17H20ClN3O3S. The van der Waals surface area contributed by atoms with Gasteiger partial charge in [-0.2, -0.15) is 0 Å². The maximum Gasteiger partial charge on any atom is 0.265 e. The summed E-state index contributed by atoms with van der Waals surface area (Å²) >= 11 is 1.38. The van der Waals surface area contributed by atoms with Gasteiger partial charge in [0.2, 0.25) is 5.91 Å². The molecule has 0 saturated carbocycles. The lowest BCUT2D eigenvalue weighted by molar-refractivity contribution is -0.124. The molecule has 1 fully saturated rings. The highest BCUT2D eigenvalue weighted by Crippen LogP contribution is 2.21. The molecule has 3 rings (SSSR count). The van der Waals surface area contributed by atoms with E-state index in [1.54, 1.807) is 30.3 Å². The molecule has 2 aromatic rings. The van der Waals surface area contributed by atoms with Crippen LogP contribution < -0.4 is 16.4 Å². The molecule has 0 unspecified atom stereocenters. The summed E-state index contributed by atoms with van der Waals surface area (Å²) in [6.07, 6.45) is 1.02. The van der Waals surface area contributed by atoms with Gasteiger partial charge in [0.15, 0.2) is 0 Å². The number of benzene rings is 1. The SMILES string of the molecule is Cl.NC1(C(=O)Nc2ccc(NC(=O)c3cccs3)cc2)CCOCC1. The summed E-state index contributed by atoms with van der Waals surface area (Å²) in [5.74, 6) is -0.355. The van der Waals surface area contributed by atoms with Gasteiger partial charge < -0.3 is 21.1 Å². The Morgan fingerprint density at radius 1 is 1.04 bits per heavy atom. The van der Waals surface area contributed by atoms with Crippen LogP contribution in [-0.2, 0) is 9.53 Å². The van der Waals surface area contributed by atoms with Gasteiger partial charge in [-0.05, 0) is 48.6 Å². The van der Waals surface area contributed by atoms with Gasteiger partial charge in [0, 0.05) is 24.6 Å². The molecule has 134 valence electrons. The third-order valence-electron chi connectivity index (χ3n) is 3.98. The lowest BCUT2D eigenvalue weighted by Crippen LogP contribution is -2.54. The van der Waals surface area contributed by atoms with E-state index in [0.717, 1.165) is 0 Å². The Morgan fingerprint density at radius 3 is 2.20 bits per heavy atom. The van der Waals surface area contributed by atoms with Crippen LogP contribution in [0.25, 0.3) is 0 Å². The van der Waals surface area contributed by atoms with Crippen LogP contribution in [0.2, 0.25) is 0 Å². The predicted molar refractivity (Wildman–Crippen MR) is 102 cm³/mol. The minimum atomic E-state index is -0.885. The smallest absolute Gasteiger partial charge is 0.265 e. The van der Waals surface area contributed by atoms with Crippen molar-refractivity contribution < 1.29 is 14.3 Å². The number of thiophene rings is 1. The second-order valence-corrected chi connectivity index (χ2v) is 6.68. The lowest BCUT2D eigenvalue weighted by atomic mass is 9.90. The van der Waals surface area contributed by atoms with E-state index in [9.17, 15) is 9.59 Å². The van der Waals surface area contributed by atoms with E-state index in [1.165, 1.54) is 11.3 Å². The highest BCUT2D eigenvalue weighted by atomic mass is 35.5. The third kappa shape index (κ3) is 4.79. The quantitative estimate of drug-likeness (QED) is 0.759. The molecule has 4 N–H and O–H groups in total. The van der Waals surface area contributed by atoms with E-state index in [-0.39, 0.29) is 24.2 Å². The van der Waals surface area contributed by atoms with Crippen LogP contribution in [0.1, 0.15) is 22.5 Å². The topological polar surface area (TPSA) is 93.5 Å². The van der Waals surface area contributed by atoms with E-state index in [4.69, 9.17) is 10.5 Å². The minimum Gasteiger partial charge on any atom is -0.381 e. The number of halogens is 1. The third-order valence-corrected chi connectivity index (χ3v) is 4.85. The monoisotopic (exact) mass is 381 g/mol. The highest BCUT2D eigenvalue weighted by Gasteiger charge is 2.35. The summed E-state index contributed by atoms with van der Waals surface area (Å²) in [6, 6.07) is 10.6. The van der Waals surface area contributed by atoms with Crippen molar-refractivity contribution in [3.63, 3.8) is 0 Å². The van der Waals surface area contributed by atoms with Crippen molar-refractivity contribution in [1.29, 1.82) is 0 Å². The van der Waals surface area contributed by atoms with Gasteiger partial charge in [0.25, 0.3) is 5.91 Å².